The number of aromatic amines is 1. The fourth-order valence-electron chi connectivity index (χ4n) is 3.60. The molecule has 152 valence electrons. The van der Waals surface area contributed by atoms with Gasteiger partial charge in [0.1, 0.15) is 0 Å². The Morgan fingerprint density at radius 2 is 2.00 bits per heavy atom. The summed E-state index contributed by atoms with van der Waals surface area (Å²) < 4.78 is 18.4. The van der Waals surface area contributed by atoms with Crippen LogP contribution in [0.2, 0.25) is 0 Å². The summed E-state index contributed by atoms with van der Waals surface area (Å²) >= 11 is 1.57. The number of halogens is 1. The van der Waals surface area contributed by atoms with E-state index in [-0.39, 0.29) is 0 Å². The Hall–Kier alpha value is -2.63. The second-order valence-electron chi connectivity index (χ2n) is 6.95. The maximum absolute atomic E-state index is 13.0. The molecule has 0 atom stereocenters. The predicted molar refractivity (Wildman–Crippen MR) is 108 cm³/mol. The number of morpholine rings is 1. The van der Waals surface area contributed by atoms with Gasteiger partial charge in [-0.15, -0.1) is 11.3 Å². The van der Waals surface area contributed by atoms with Crippen LogP contribution in [0.5, 0.6) is 0 Å². The maximum atomic E-state index is 13.0. The number of nitrogens with one attached hydrogen (secondary N) is 2. The van der Waals surface area contributed by atoms with E-state index in [1.165, 1.54) is 4.88 Å². The Bertz CT molecular complexity index is 969. The highest BCUT2D eigenvalue weighted by Crippen LogP contribution is 2.39. The van der Waals surface area contributed by atoms with Crippen molar-refractivity contribution in [2.24, 2.45) is 0 Å². The van der Waals surface area contributed by atoms with Crippen LogP contribution in [0.1, 0.15) is 4.88 Å². The van der Waals surface area contributed by atoms with Crippen LogP contribution in [-0.2, 0) is 11.2 Å². The van der Waals surface area contributed by atoms with Crippen molar-refractivity contribution in [3.8, 4) is 11.3 Å². The first-order valence-electron chi connectivity index (χ1n) is 9.60. The zero-order chi connectivity index (χ0) is 19.6. The van der Waals surface area contributed by atoms with Crippen LogP contribution in [0.25, 0.3) is 11.3 Å². The van der Waals surface area contributed by atoms with Crippen molar-refractivity contribution in [1.29, 1.82) is 0 Å². The quantitative estimate of drug-likeness (QED) is 0.651. The largest absolute Gasteiger partial charge is 0.379 e. The van der Waals surface area contributed by atoms with Gasteiger partial charge in [-0.05, 0) is 0 Å². The van der Waals surface area contributed by atoms with Gasteiger partial charge in [0.05, 0.1) is 36.9 Å². The molecule has 0 bridgehead atoms. The lowest BCUT2D eigenvalue weighted by Gasteiger charge is -2.30. The Labute approximate surface area is 170 Å². The fourth-order valence-corrected chi connectivity index (χ4v) is 4.56. The number of aromatic nitrogens is 5. The number of fused-ring (bicyclic) bond motifs is 3. The zero-order valence-electron chi connectivity index (χ0n) is 15.8. The van der Waals surface area contributed by atoms with Crippen molar-refractivity contribution in [3.05, 3.63) is 29.3 Å². The molecule has 0 spiro atoms. The van der Waals surface area contributed by atoms with E-state index in [0.29, 0.717) is 11.1 Å². The minimum absolute atomic E-state index is 0.329. The summed E-state index contributed by atoms with van der Waals surface area (Å²) in [4.78, 5) is 18.6. The van der Waals surface area contributed by atoms with Crippen molar-refractivity contribution in [2.45, 2.75) is 6.42 Å². The lowest BCUT2D eigenvalue weighted by Crippen LogP contribution is -2.42. The summed E-state index contributed by atoms with van der Waals surface area (Å²) in [6.07, 6.45) is 5.06. The maximum Gasteiger partial charge on any atom is 0.229 e. The molecule has 0 saturated carbocycles. The molecule has 0 aliphatic carbocycles. The molecule has 3 aromatic rings. The Balaban J connectivity index is 1.33. The van der Waals surface area contributed by atoms with E-state index < -0.39 is 5.82 Å². The van der Waals surface area contributed by atoms with Crippen LogP contribution in [0.15, 0.2) is 18.6 Å². The monoisotopic (exact) mass is 416 g/mol. The third kappa shape index (κ3) is 3.93. The molecule has 2 N–H and O–H groups in total. The molecule has 3 aromatic heterocycles. The average Bonchev–Trinajstić information content (AvgIpc) is 3.35. The van der Waals surface area contributed by atoms with Gasteiger partial charge in [-0.2, -0.15) is 5.10 Å². The van der Waals surface area contributed by atoms with Crippen LogP contribution in [0, 0.1) is 5.82 Å². The van der Waals surface area contributed by atoms with Crippen LogP contribution in [0.4, 0.5) is 21.3 Å². The van der Waals surface area contributed by atoms with E-state index in [1.807, 2.05) is 6.20 Å². The summed E-state index contributed by atoms with van der Waals surface area (Å²) in [5.41, 5.74) is 1.93. The topological polar surface area (TPSA) is 95.1 Å². The highest BCUT2D eigenvalue weighted by molar-refractivity contribution is 7.16. The molecule has 0 aromatic carbocycles. The summed E-state index contributed by atoms with van der Waals surface area (Å²) in [7, 11) is 0. The number of nitrogens with zero attached hydrogens (tertiary/aromatic N) is 6. The van der Waals surface area contributed by atoms with Crippen molar-refractivity contribution in [1.82, 2.24) is 30.0 Å². The molecule has 1 saturated heterocycles. The molecule has 5 rings (SSSR count). The number of anilines is 3. The second kappa shape index (κ2) is 8.01. The van der Waals surface area contributed by atoms with Crippen LogP contribution >= 0.6 is 11.3 Å². The first-order valence-corrected chi connectivity index (χ1v) is 10.4. The van der Waals surface area contributed by atoms with E-state index in [9.17, 15) is 4.39 Å². The molecule has 2 aliphatic heterocycles. The average molecular weight is 416 g/mol. The van der Waals surface area contributed by atoms with Gasteiger partial charge in [0.15, 0.2) is 16.8 Å². The third-order valence-corrected chi connectivity index (χ3v) is 6.14. The number of thiazole rings is 1. The number of rotatable bonds is 5. The standard InChI is InChI=1S/C18H21FN8OS/c19-12-9-20-17(21-10-12)24-18-23-15-13-11-22-25-16(13)27(2-1-14(15)29-18)4-3-26-5-7-28-8-6-26/h9-11H,1-8H2,(H,22,25)(H,20,21,23,24). The van der Waals surface area contributed by atoms with Crippen LogP contribution in [0.3, 0.4) is 0 Å². The summed E-state index contributed by atoms with van der Waals surface area (Å²) in [6, 6.07) is 0. The number of hydrogen-bond acceptors (Lipinski definition) is 9. The lowest BCUT2D eigenvalue weighted by atomic mass is 10.2. The van der Waals surface area contributed by atoms with E-state index in [0.717, 1.165) is 81.8 Å². The smallest absolute Gasteiger partial charge is 0.229 e. The van der Waals surface area contributed by atoms with Gasteiger partial charge < -0.3 is 15.0 Å². The summed E-state index contributed by atoms with van der Waals surface area (Å²) in [5.74, 6) is 0.799. The molecule has 2 aliphatic rings. The summed E-state index contributed by atoms with van der Waals surface area (Å²) in [6.45, 7) is 6.37. The lowest BCUT2D eigenvalue weighted by molar-refractivity contribution is 0.0391. The first kappa shape index (κ1) is 18.4. The molecule has 11 heteroatoms. The van der Waals surface area contributed by atoms with E-state index in [1.54, 1.807) is 11.3 Å². The zero-order valence-corrected chi connectivity index (χ0v) is 16.6. The minimum atomic E-state index is -0.467. The van der Waals surface area contributed by atoms with Crippen molar-refractivity contribution < 1.29 is 9.13 Å². The van der Waals surface area contributed by atoms with Crippen LogP contribution < -0.4 is 10.2 Å². The molecule has 1 fully saturated rings. The van der Waals surface area contributed by atoms with Gasteiger partial charge in [0.2, 0.25) is 5.95 Å². The third-order valence-electron chi connectivity index (χ3n) is 5.11. The number of hydrogen-bond donors (Lipinski definition) is 2. The van der Waals surface area contributed by atoms with Crippen molar-refractivity contribution >= 4 is 28.2 Å². The second-order valence-corrected chi connectivity index (χ2v) is 8.04. The van der Waals surface area contributed by atoms with E-state index in [4.69, 9.17) is 9.72 Å². The molecular formula is C18H21FN8OS. The van der Waals surface area contributed by atoms with Gasteiger partial charge in [-0.1, -0.05) is 0 Å². The normalized spacial score (nSPS) is 16.9. The molecule has 5 heterocycles. The van der Waals surface area contributed by atoms with Gasteiger partial charge in [0, 0.05) is 50.2 Å². The van der Waals surface area contributed by atoms with Gasteiger partial charge in [0.25, 0.3) is 0 Å². The number of ether oxygens (including phenoxy) is 1. The molecule has 29 heavy (non-hydrogen) atoms. The minimum Gasteiger partial charge on any atom is -0.379 e. The molecule has 0 amide bonds. The Morgan fingerprint density at radius 3 is 2.83 bits per heavy atom. The van der Waals surface area contributed by atoms with Gasteiger partial charge in [-0.3, -0.25) is 10.00 Å². The Kier molecular flexibility index (Phi) is 5.08. The first-order chi connectivity index (χ1) is 14.3. The molecule has 0 radical (unpaired) electrons. The van der Waals surface area contributed by atoms with E-state index >= 15 is 0 Å². The van der Waals surface area contributed by atoms with E-state index in [2.05, 4.69) is 35.3 Å². The molecular weight excluding hydrogens is 395 g/mol. The highest BCUT2D eigenvalue weighted by Gasteiger charge is 2.26. The summed E-state index contributed by atoms with van der Waals surface area (Å²) in [5, 5.41) is 11.3. The van der Waals surface area contributed by atoms with Crippen molar-refractivity contribution in [2.75, 3.05) is 56.2 Å². The predicted octanol–water partition coefficient (Wildman–Crippen LogP) is 1.90. The Morgan fingerprint density at radius 1 is 1.17 bits per heavy atom. The highest BCUT2D eigenvalue weighted by atomic mass is 32.1. The fraction of sp³-hybridized carbons (Fsp3) is 0.444. The van der Waals surface area contributed by atoms with Crippen LogP contribution in [-0.4, -0.2) is 76.0 Å². The molecule has 0 unspecified atom stereocenters. The SMILES string of the molecule is Fc1cnc(Nc2nc3c(s2)CCN(CCN2CCOCC2)c2n[nH]cc2-3)nc1. The van der Waals surface area contributed by atoms with Gasteiger partial charge >= 0.3 is 0 Å². The van der Waals surface area contributed by atoms with Gasteiger partial charge in [-0.25, -0.2) is 19.3 Å². The van der Waals surface area contributed by atoms with Crippen molar-refractivity contribution in [3.63, 3.8) is 0 Å². The number of H-pyrrole nitrogens is 1. The molecule has 9 nitrogen and oxygen atoms in total.